The number of hydrogen-bond donors (Lipinski definition) is 1. The topological polar surface area (TPSA) is 64.2 Å². The lowest BCUT2D eigenvalue weighted by atomic mass is 10.4. The molecule has 1 aromatic heterocycles. The Labute approximate surface area is 89.2 Å². The molecule has 0 saturated heterocycles. The Morgan fingerprint density at radius 2 is 2.53 bits per heavy atom. The molecule has 0 aliphatic rings. The molecule has 0 saturated carbocycles. The van der Waals surface area contributed by atoms with E-state index in [1.807, 2.05) is 6.92 Å². The van der Waals surface area contributed by atoms with Crippen LogP contribution in [0.5, 0.6) is 0 Å². The van der Waals surface area contributed by atoms with Crippen LogP contribution in [0.4, 0.5) is 5.82 Å². The van der Waals surface area contributed by atoms with Gasteiger partial charge in [-0.3, -0.25) is 9.48 Å². The molecular formula is C10H16N4O. The van der Waals surface area contributed by atoms with Gasteiger partial charge in [-0.15, -0.1) is 6.58 Å². The number of nitrogens with zero attached hydrogens (tertiary/aromatic N) is 3. The Hall–Kier alpha value is -1.78. The third-order valence-electron chi connectivity index (χ3n) is 2.04. The summed E-state index contributed by atoms with van der Waals surface area (Å²) in [6, 6.07) is 1.66. The second kappa shape index (κ2) is 5.19. The molecule has 15 heavy (non-hydrogen) atoms. The highest BCUT2D eigenvalue weighted by molar-refractivity contribution is 5.76. The lowest BCUT2D eigenvalue weighted by molar-refractivity contribution is -0.131. The van der Waals surface area contributed by atoms with Crippen molar-refractivity contribution in [1.82, 2.24) is 14.7 Å². The first-order valence-electron chi connectivity index (χ1n) is 4.85. The van der Waals surface area contributed by atoms with Crippen LogP contribution in [-0.4, -0.2) is 33.7 Å². The molecule has 5 nitrogen and oxygen atoms in total. The van der Waals surface area contributed by atoms with E-state index in [9.17, 15) is 4.79 Å². The Morgan fingerprint density at radius 3 is 3.00 bits per heavy atom. The van der Waals surface area contributed by atoms with Gasteiger partial charge < -0.3 is 10.6 Å². The standard InChI is InChI=1S/C10H16N4O/c1-3-6-13(4-2)10(15)8-14-7-5-9(11)12-14/h3,5,7H,1,4,6,8H2,2H3,(H2,11,12). The lowest BCUT2D eigenvalue weighted by Crippen LogP contribution is -2.33. The molecule has 1 heterocycles. The summed E-state index contributed by atoms with van der Waals surface area (Å²) in [5.41, 5.74) is 5.45. The van der Waals surface area contributed by atoms with Crippen molar-refractivity contribution in [2.75, 3.05) is 18.8 Å². The minimum atomic E-state index is 0.0144. The van der Waals surface area contributed by atoms with Gasteiger partial charge in [-0.1, -0.05) is 6.08 Å². The van der Waals surface area contributed by atoms with E-state index >= 15 is 0 Å². The van der Waals surface area contributed by atoms with Crippen LogP contribution in [0.15, 0.2) is 24.9 Å². The van der Waals surface area contributed by atoms with Crippen molar-refractivity contribution in [3.8, 4) is 0 Å². The SMILES string of the molecule is C=CCN(CC)C(=O)Cn1ccc(N)n1. The van der Waals surface area contributed by atoms with Crippen molar-refractivity contribution in [3.05, 3.63) is 24.9 Å². The average molecular weight is 208 g/mol. The fourth-order valence-corrected chi connectivity index (χ4v) is 1.27. The highest BCUT2D eigenvalue weighted by atomic mass is 16.2. The van der Waals surface area contributed by atoms with Crippen molar-refractivity contribution in [2.24, 2.45) is 0 Å². The van der Waals surface area contributed by atoms with Crippen LogP contribution in [-0.2, 0) is 11.3 Å². The van der Waals surface area contributed by atoms with Gasteiger partial charge in [0.2, 0.25) is 5.91 Å². The summed E-state index contributed by atoms with van der Waals surface area (Å²) >= 11 is 0. The number of hydrogen-bond acceptors (Lipinski definition) is 3. The van der Waals surface area contributed by atoms with Crippen molar-refractivity contribution in [2.45, 2.75) is 13.5 Å². The van der Waals surface area contributed by atoms with Crippen LogP contribution in [0.3, 0.4) is 0 Å². The molecule has 0 unspecified atom stereocenters. The maximum Gasteiger partial charge on any atom is 0.244 e. The molecule has 0 aromatic carbocycles. The summed E-state index contributed by atoms with van der Waals surface area (Å²) < 4.78 is 1.53. The largest absolute Gasteiger partial charge is 0.382 e. The van der Waals surface area contributed by atoms with E-state index < -0.39 is 0 Å². The van der Waals surface area contributed by atoms with E-state index in [0.29, 0.717) is 18.9 Å². The Bertz CT molecular complexity index is 345. The Morgan fingerprint density at radius 1 is 1.80 bits per heavy atom. The van der Waals surface area contributed by atoms with E-state index in [2.05, 4.69) is 11.7 Å². The van der Waals surface area contributed by atoms with Crippen molar-refractivity contribution in [3.63, 3.8) is 0 Å². The van der Waals surface area contributed by atoms with Crippen LogP contribution in [0, 0.1) is 0 Å². The number of carbonyl (C=O) groups excluding carboxylic acids is 1. The first-order valence-corrected chi connectivity index (χ1v) is 4.85. The highest BCUT2D eigenvalue weighted by Gasteiger charge is 2.10. The first kappa shape index (κ1) is 11.3. The van der Waals surface area contributed by atoms with Crippen molar-refractivity contribution < 1.29 is 4.79 Å². The number of carbonyl (C=O) groups is 1. The molecule has 1 aromatic rings. The minimum Gasteiger partial charge on any atom is -0.382 e. The van der Waals surface area contributed by atoms with Gasteiger partial charge in [0, 0.05) is 19.3 Å². The van der Waals surface area contributed by atoms with Gasteiger partial charge in [0.05, 0.1) is 0 Å². The predicted molar refractivity (Wildman–Crippen MR) is 59.1 cm³/mol. The molecule has 0 fully saturated rings. The van der Waals surface area contributed by atoms with Gasteiger partial charge in [-0.2, -0.15) is 5.10 Å². The zero-order chi connectivity index (χ0) is 11.3. The summed E-state index contributed by atoms with van der Waals surface area (Å²) in [6.45, 7) is 6.99. The second-order valence-corrected chi connectivity index (χ2v) is 3.16. The summed E-state index contributed by atoms with van der Waals surface area (Å²) in [5, 5.41) is 3.95. The zero-order valence-corrected chi connectivity index (χ0v) is 8.89. The van der Waals surface area contributed by atoms with Crippen LogP contribution in [0.2, 0.25) is 0 Å². The number of nitrogen functional groups attached to an aromatic ring is 1. The van der Waals surface area contributed by atoms with Gasteiger partial charge >= 0.3 is 0 Å². The fourth-order valence-electron chi connectivity index (χ4n) is 1.27. The maximum atomic E-state index is 11.7. The summed E-state index contributed by atoms with van der Waals surface area (Å²) in [4.78, 5) is 13.4. The average Bonchev–Trinajstić information content (AvgIpc) is 2.60. The van der Waals surface area contributed by atoms with Crippen LogP contribution < -0.4 is 5.73 Å². The molecule has 0 bridgehead atoms. The molecule has 5 heteroatoms. The van der Waals surface area contributed by atoms with Crippen molar-refractivity contribution >= 4 is 11.7 Å². The zero-order valence-electron chi connectivity index (χ0n) is 8.89. The van der Waals surface area contributed by atoms with E-state index in [1.54, 1.807) is 23.2 Å². The summed E-state index contributed by atoms with van der Waals surface area (Å²) in [5.74, 6) is 0.440. The minimum absolute atomic E-state index is 0.0144. The van der Waals surface area contributed by atoms with Gasteiger partial charge in [-0.05, 0) is 13.0 Å². The molecule has 0 spiro atoms. The number of rotatable bonds is 5. The quantitative estimate of drug-likeness (QED) is 0.717. The summed E-state index contributed by atoms with van der Waals surface area (Å²) in [7, 11) is 0. The smallest absolute Gasteiger partial charge is 0.244 e. The molecule has 0 radical (unpaired) electrons. The van der Waals surface area contributed by atoms with E-state index in [4.69, 9.17) is 5.73 Å². The molecular weight excluding hydrogens is 192 g/mol. The number of amides is 1. The number of likely N-dealkylation sites (N-methyl/N-ethyl adjacent to an activating group) is 1. The molecule has 2 N–H and O–H groups in total. The van der Waals surface area contributed by atoms with Crippen molar-refractivity contribution in [1.29, 1.82) is 0 Å². The first-order chi connectivity index (χ1) is 7.17. The fraction of sp³-hybridized carbons (Fsp3) is 0.400. The molecule has 82 valence electrons. The molecule has 0 atom stereocenters. The second-order valence-electron chi connectivity index (χ2n) is 3.16. The Kier molecular flexibility index (Phi) is 3.91. The lowest BCUT2D eigenvalue weighted by Gasteiger charge is -2.18. The summed E-state index contributed by atoms with van der Waals surface area (Å²) in [6.07, 6.45) is 3.40. The van der Waals surface area contributed by atoms with Gasteiger partial charge in [0.15, 0.2) is 0 Å². The number of anilines is 1. The molecule has 1 rings (SSSR count). The maximum absolute atomic E-state index is 11.7. The van der Waals surface area contributed by atoms with Gasteiger partial charge in [0.1, 0.15) is 12.4 Å². The van der Waals surface area contributed by atoms with Crippen LogP contribution in [0.1, 0.15) is 6.92 Å². The molecule has 1 amide bonds. The van der Waals surface area contributed by atoms with E-state index in [0.717, 1.165) is 0 Å². The van der Waals surface area contributed by atoms with Gasteiger partial charge in [0.25, 0.3) is 0 Å². The predicted octanol–water partition coefficient (Wildman–Crippen LogP) is 0.500. The number of aromatic nitrogens is 2. The number of nitrogens with two attached hydrogens (primary N) is 1. The van der Waals surface area contributed by atoms with E-state index in [-0.39, 0.29) is 12.5 Å². The highest BCUT2D eigenvalue weighted by Crippen LogP contribution is 1.98. The normalized spacial score (nSPS) is 9.93. The van der Waals surface area contributed by atoms with E-state index in [1.165, 1.54) is 4.68 Å². The third kappa shape index (κ3) is 3.12. The molecule has 0 aliphatic heterocycles. The van der Waals surface area contributed by atoms with Gasteiger partial charge in [-0.25, -0.2) is 0 Å². The Balaban J connectivity index is 2.57. The monoisotopic (exact) mass is 208 g/mol. The van der Waals surface area contributed by atoms with Crippen LogP contribution in [0.25, 0.3) is 0 Å². The third-order valence-corrected chi connectivity index (χ3v) is 2.04. The molecule has 0 aliphatic carbocycles. The van der Waals surface area contributed by atoms with Crippen LogP contribution >= 0.6 is 0 Å².